The van der Waals surface area contributed by atoms with E-state index in [1.165, 1.54) is 6.07 Å². The van der Waals surface area contributed by atoms with Crippen molar-refractivity contribution in [2.45, 2.75) is 45.6 Å². The van der Waals surface area contributed by atoms with E-state index in [-0.39, 0.29) is 5.56 Å². The van der Waals surface area contributed by atoms with Crippen molar-refractivity contribution in [3.05, 3.63) is 34.1 Å². The van der Waals surface area contributed by atoms with Crippen LogP contribution in [-0.4, -0.2) is 5.11 Å². The lowest BCUT2D eigenvalue weighted by Crippen LogP contribution is -2.34. The van der Waals surface area contributed by atoms with Crippen LogP contribution in [0.4, 0.5) is 4.39 Å². The number of nitriles is 1. The van der Waals surface area contributed by atoms with Crippen molar-refractivity contribution >= 4 is 15.9 Å². The highest BCUT2D eigenvalue weighted by Gasteiger charge is 2.43. The van der Waals surface area contributed by atoms with Crippen LogP contribution in [0.2, 0.25) is 0 Å². The number of halogens is 2. The fraction of sp³-hybridized carbons (Fsp3) is 0.588. The number of aliphatic hydroxyl groups is 1. The number of hydrogen-bond donors (Lipinski definition) is 1. The summed E-state index contributed by atoms with van der Waals surface area (Å²) < 4.78 is 14.7. The molecule has 114 valence electrons. The minimum Gasteiger partial charge on any atom is -0.387 e. The molecular weight excluding hydrogens is 333 g/mol. The first-order chi connectivity index (χ1) is 9.89. The second-order valence-corrected chi connectivity index (χ2v) is 7.33. The lowest BCUT2D eigenvalue weighted by molar-refractivity contribution is 0.0168. The van der Waals surface area contributed by atoms with Gasteiger partial charge in [0, 0.05) is 10.0 Å². The first-order valence-corrected chi connectivity index (χ1v) is 8.23. The van der Waals surface area contributed by atoms with E-state index in [9.17, 15) is 14.8 Å². The zero-order valence-corrected chi connectivity index (χ0v) is 14.0. The molecule has 1 aromatic carbocycles. The fourth-order valence-corrected chi connectivity index (χ4v) is 3.67. The Morgan fingerprint density at radius 2 is 2.00 bits per heavy atom. The molecule has 1 unspecified atom stereocenters. The van der Waals surface area contributed by atoms with Crippen LogP contribution < -0.4 is 0 Å². The SMILES string of the molecule is CC(C)C1CCC(C#N)(C(O)c2cc(Br)ccc2F)CC1. The molecule has 0 bridgehead atoms. The maximum atomic E-state index is 14.0. The Labute approximate surface area is 134 Å². The highest BCUT2D eigenvalue weighted by atomic mass is 79.9. The van der Waals surface area contributed by atoms with E-state index in [4.69, 9.17) is 0 Å². The van der Waals surface area contributed by atoms with Gasteiger partial charge < -0.3 is 5.11 Å². The normalized spacial score (nSPS) is 27.4. The van der Waals surface area contributed by atoms with Gasteiger partial charge in [0.15, 0.2) is 0 Å². The Balaban J connectivity index is 2.26. The Morgan fingerprint density at radius 1 is 1.38 bits per heavy atom. The molecule has 1 aromatic rings. The van der Waals surface area contributed by atoms with Crippen molar-refractivity contribution in [1.82, 2.24) is 0 Å². The zero-order chi connectivity index (χ0) is 15.6. The van der Waals surface area contributed by atoms with Crippen LogP contribution in [-0.2, 0) is 0 Å². The molecule has 0 heterocycles. The molecule has 2 nitrogen and oxygen atoms in total. The predicted octanol–water partition coefficient (Wildman–Crippen LogP) is 4.98. The summed E-state index contributed by atoms with van der Waals surface area (Å²) in [6.07, 6.45) is 2.00. The van der Waals surface area contributed by atoms with Gasteiger partial charge in [-0.1, -0.05) is 29.8 Å². The first-order valence-electron chi connectivity index (χ1n) is 7.44. The van der Waals surface area contributed by atoms with Crippen LogP contribution in [0, 0.1) is 34.4 Å². The third-order valence-corrected chi connectivity index (χ3v) is 5.36. The third-order valence-electron chi connectivity index (χ3n) is 4.86. The maximum absolute atomic E-state index is 14.0. The van der Waals surface area contributed by atoms with Crippen LogP contribution in [0.15, 0.2) is 22.7 Å². The van der Waals surface area contributed by atoms with Crippen LogP contribution in [0.25, 0.3) is 0 Å². The second kappa shape index (κ2) is 6.46. The number of nitrogens with zero attached hydrogens (tertiary/aromatic N) is 1. The summed E-state index contributed by atoms with van der Waals surface area (Å²) in [5.74, 6) is 0.721. The van der Waals surface area contributed by atoms with E-state index >= 15 is 0 Å². The van der Waals surface area contributed by atoms with Gasteiger partial charge in [0.05, 0.1) is 11.5 Å². The van der Waals surface area contributed by atoms with Gasteiger partial charge in [-0.25, -0.2) is 4.39 Å². The van der Waals surface area contributed by atoms with E-state index in [0.717, 1.165) is 12.8 Å². The van der Waals surface area contributed by atoms with Crippen LogP contribution in [0.1, 0.15) is 51.2 Å². The van der Waals surface area contributed by atoms with E-state index < -0.39 is 17.3 Å². The molecule has 2 rings (SSSR count). The monoisotopic (exact) mass is 353 g/mol. The minimum atomic E-state index is -1.08. The number of aliphatic hydroxyl groups excluding tert-OH is 1. The lowest BCUT2D eigenvalue weighted by Gasteiger charge is -2.39. The van der Waals surface area contributed by atoms with Gasteiger partial charge in [-0.3, -0.25) is 0 Å². The van der Waals surface area contributed by atoms with Crippen LogP contribution >= 0.6 is 15.9 Å². The Hall–Kier alpha value is -0.920. The highest BCUT2D eigenvalue weighted by molar-refractivity contribution is 9.10. The largest absolute Gasteiger partial charge is 0.387 e. The average Bonchev–Trinajstić information content (AvgIpc) is 2.49. The van der Waals surface area contributed by atoms with E-state index in [0.29, 0.717) is 29.2 Å². The molecule has 0 aromatic heterocycles. The summed E-state index contributed by atoms with van der Waals surface area (Å²) in [5, 5.41) is 20.3. The molecule has 0 aliphatic heterocycles. The standard InChI is InChI=1S/C17H21BrFNO/c1-11(2)12-5-7-17(10-20,8-6-12)16(21)14-9-13(18)3-4-15(14)19/h3-4,9,11-12,16,21H,5-8H2,1-2H3. The van der Waals surface area contributed by atoms with Crippen molar-refractivity contribution in [2.24, 2.45) is 17.3 Å². The van der Waals surface area contributed by atoms with Gasteiger partial charge in [0.25, 0.3) is 0 Å². The molecule has 1 atom stereocenters. The summed E-state index contributed by atoms with van der Waals surface area (Å²) in [5.41, 5.74) is -0.651. The summed E-state index contributed by atoms with van der Waals surface area (Å²) in [6, 6.07) is 6.79. The quantitative estimate of drug-likeness (QED) is 0.832. The third kappa shape index (κ3) is 3.30. The average molecular weight is 354 g/mol. The molecule has 1 N–H and O–H groups in total. The summed E-state index contributed by atoms with van der Waals surface area (Å²) in [4.78, 5) is 0. The summed E-state index contributed by atoms with van der Waals surface area (Å²) >= 11 is 3.30. The predicted molar refractivity (Wildman–Crippen MR) is 83.9 cm³/mol. The molecule has 0 spiro atoms. The van der Waals surface area contributed by atoms with E-state index in [1.54, 1.807) is 12.1 Å². The van der Waals surface area contributed by atoms with Gasteiger partial charge in [0.1, 0.15) is 11.9 Å². The van der Waals surface area contributed by atoms with Crippen LogP contribution in [0.5, 0.6) is 0 Å². The molecule has 0 radical (unpaired) electrons. The molecule has 0 saturated heterocycles. The summed E-state index contributed by atoms with van der Waals surface area (Å²) in [7, 11) is 0. The minimum absolute atomic E-state index is 0.217. The van der Waals surface area contributed by atoms with Gasteiger partial charge in [-0.15, -0.1) is 0 Å². The Morgan fingerprint density at radius 3 is 2.52 bits per heavy atom. The van der Waals surface area contributed by atoms with Crippen LogP contribution in [0.3, 0.4) is 0 Å². The molecule has 4 heteroatoms. The lowest BCUT2D eigenvalue weighted by atomic mass is 9.65. The van der Waals surface area contributed by atoms with E-state index in [1.807, 2.05) is 0 Å². The van der Waals surface area contributed by atoms with Gasteiger partial charge in [-0.2, -0.15) is 5.26 Å². The molecule has 0 amide bonds. The van der Waals surface area contributed by atoms with Crippen molar-refractivity contribution in [2.75, 3.05) is 0 Å². The molecule has 21 heavy (non-hydrogen) atoms. The number of hydrogen-bond acceptors (Lipinski definition) is 2. The zero-order valence-electron chi connectivity index (χ0n) is 12.4. The second-order valence-electron chi connectivity index (χ2n) is 6.42. The topological polar surface area (TPSA) is 44.0 Å². The Bertz CT molecular complexity index is 544. The van der Waals surface area contributed by atoms with Gasteiger partial charge >= 0.3 is 0 Å². The van der Waals surface area contributed by atoms with Crippen molar-refractivity contribution < 1.29 is 9.50 Å². The molecule has 1 aliphatic carbocycles. The van der Waals surface area contributed by atoms with E-state index in [2.05, 4.69) is 35.8 Å². The molecule has 1 saturated carbocycles. The molecule has 1 aliphatic rings. The number of benzene rings is 1. The van der Waals surface area contributed by atoms with Crippen molar-refractivity contribution in [1.29, 1.82) is 5.26 Å². The highest BCUT2D eigenvalue weighted by Crippen LogP contribution is 2.49. The maximum Gasteiger partial charge on any atom is 0.129 e. The number of rotatable bonds is 3. The van der Waals surface area contributed by atoms with Crippen molar-refractivity contribution in [3.8, 4) is 6.07 Å². The molecule has 1 fully saturated rings. The van der Waals surface area contributed by atoms with Gasteiger partial charge in [0.2, 0.25) is 0 Å². The fourth-order valence-electron chi connectivity index (χ4n) is 3.29. The summed E-state index contributed by atoms with van der Waals surface area (Å²) in [6.45, 7) is 4.38. The smallest absolute Gasteiger partial charge is 0.129 e. The van der Waals surface area contributed by atoms with Gasteiger partial charge in [-0.05, 0) is 55.7 Å². The first kappa shape index (κ1) is 16.5. The Kier molecular flexibility index (Phi) is 5.06. The molecular formula is C17H21BrFNO. The van der Waals surface area contributed by atoms with Crippen molar-refractivity contribution in [3.63, 3.8) is 0 Å².